The third-order valence-corrected chi connectivity index (χ3v) is 7.85. The fourth-order valence-electron chi connectivity index (χ4n) is 4.58. The number of carbonyl (C=O) groups is 2. The van der Waals surface area contributed by atoms with E-state index in [2.05, 4.69) is 5.32 Å². The second kappa shape index (κ2) is 13.0. The fraction of sp³-hybridized carbons (Fsp3) is 0.481. The SMILES string of the molecule is CC(C(=O)NC1CCCCC1)N(Cc1ccccc1)C(=O)CCCN(c1ccc(F)c(F)c1)S(C)(=O)=O. The van der Waals surface area contributed by atoms with E-state index in [1.165, 1.54) is 11.0 Å². The van der Waals surface area contributed by atoms with Gasteiger partial charge < -0.3 is 10.2 Å². The molecule has 1 N–H and O–H groups in total. The lowest BCUT2D eigenvalue weighted by Crippen LogP contribution is -2.50. The summed E-state index contributed by atoms with van der Waals surface area (Å²) in [4.78, 5) is 27.9. The molecule has 10 heteroatoms. The number of nitrogens with one attached hydrogen (secondary N) is 1. The third-order valence-electron chi connectivity index (χ3n) is 6.66. The van der Waals surface area contributed by atoms with Crippen molar-refractivity contribution < 1.29 is 26.8 Å². The first-order chi connectivity index (χ1) is 17.6. The van der Waals surface area contributed by atoms with Gasteiger partial charge in [0.15, 0.2) is 11.6 Å². The van der Waals surface area contributed by atoms with Gasteiger partial charge in [0.2, 0.25) is 21.8 Å². The van der Waals surface area contributed by atoms with Crippen LogP contribution in [0, 0.1) is 11.6 Å². The first-order valence-corrected chi connectivity index (χ1v) is 14.5. The molecular weight excluding hydrogens is 500 g/mol. The summed E-state index contributed by atoms with van der Waals surface area (Å²) in [6.45, 7) is 1.83. The summed E-state index contributed by atoms with van der Waals surface area (Å²) in [7, 11) is -3.81. The average Bonchev–Trinajstić information content (AvgIpc) is 2.87. The minimum absolute atomic E-state index is 0.0183. The van der Waals surface area contributed by atoms with Crippen LogP contribution >= 0.6 is 0 Å². The zero-order chi connectivity index (χ0) is 27.0. The number of sulfonamides is 1. The summed E-state index contributed by atoms with van der Waals surface area (Å²) < 4.78 is 52.7. The second-order valence-electron chi connectivity index (χ2n) is 9.56. The van der Waals surface area contributed by atoms with Crippen molar-refractivity contribution >= 4 is 27.5 Å². The third kappa shape index (κ3) is 8.24. The van der Waals surface area contributed by atoms with Gasteiger partial charge in [0.05, 0.1) is 11.9 Å². The first kappa shape index (κ1) is 28.6. The van der Waals surface area contributed by atoms with Crippen molar-refractivity contribution in [1.29, 1.82) is 0 Å². The van der Waals surface area contributed by atoms with Crippen molar-refractivity contribution in [3.05, 3.63) is 65.7 Å². The van der Waals surface area contributed by atoms with Crippen LogP contribution in [0.25, 0.3) is 0 Å². The molecule has 0 aromatic heterocycles. The molecule has 2 amide bonds. The molecule has 0 saturated heterocycles. The van der Waals surface area contributed by atoms with Crippen LogP contribution in [0.15, 0.2) is 48.5 Å². The summed E-state index contributed by atoms with van der Waals surface area (Å²) in [6, 6.07) is 11.6. The van der Waals surface area contributed by atoms with E-state index in [1.54, 1.807) is 6.92 Å². The van der Waals surface area contributed by atoms with E-state index in [9.17, 15) is 26.8 Å². The smallest absolute Gasteiger partial charge is 0.242 e. The van der Waals surface area contributed by atoms with Gasteiger partial charge >= 0.3 is 0 Å². The molecule has 2 aromatic carbocycles. The van der Waals surface area contributed by atoms with Gasteiger partial charge in [-0.05, 0) is 43.9 Å². The Bertz CT molecular complexity index is 1170. The molecule has 0 aliphatic heterocycles. The van der Waals surface area contributed by atoms with Gasteiger partial charge in [0.1, 0.15) is 6.04 Å². The Kier molecular flexibility index (Phi) is 10.0. The number of rotatable bonds is 11. The highest BCUT2D eigenvalue weighted by Gasteiger charge is 2.28. The monoisotopic (exact) mass is 535 g/mol. The topological polar surface area (TPSA) is 86.8 Å². The van der Waals surface area contributed by atoms with Gasteiger partial charge in [0, 0.05) is 31.6 Å². The zero-order valence-electron chi connectivity index (χ0n) is 21.3. The Morgan fingerprint density at radius 2 is 1.70 bits per heavy atom. The molecule has 37 heavy (non-hydrogen) atoms. The predicted molar refractivity (Wildman–Crippen MR) is 139 cm³/mol. The van der Waals surface area contributed by atoms with Crippen molar-refractivity contribution in [3.63, 3.8) is 0 Å². The predicted octanol–water partition coefficient (Wildman–Crippen LogP) is 4.38. The normalized spacial score (nSPS) is 15.1. The first-order valence-electron chi connectivity index (χ1n) is 12.6. The number of amides is 2. The molecule has 2 aromatic rings. The fourth-order valence-corrected chi connectivity index (χ4v) is 5.53. The van der Waals surface area contributed by atoms with Crippen molar-refractivity contribution in [2.75, 3.05) is 17.1 Å². The molecule has 1 atom stereocenters. The number of anilines is 1. The van der Waals surface area contributed by atoms with E-state index in [0.717, 1.165) is 60.4 Å². The molecule has 1 unspecified atom stereocenters. The summed E-state index contributed by atoms with van der Waals surface area (Å²) in [5.41, 5.74) is 0.850. The van der Waals surface area contributed by atoms with E-state index in [4.69, 9.17) is 0 Å². The van der Waals surface area contributed by atoms with Crippen LogP contribution in [0.5, 0.6) is 0 Å². The largest absolute Gasteiger partial charge is 0.352 e. The number of halogens is 2. The molecular formula is C27H35F2N3O4S. The number of benzene rings is 2. The Morgan fingerprint density at radius 3 is 2.32 bits per heavy atom. The van der Waals surface area contributed by atoms with Crippen LogP contribution in [-0.2, 0) is 26.2 Å². The highest BCUT2D eigenvalue weighted by molar-refractivity contribution is 7.92. The molecule has 0 bridgehead atoms. The van der Waals surface area contributed by atoms with E-state index in [-0.39, 0.29) is 49.5 Å². The molecule has 1 aliphatic carbocycles. The van der Waals surface area contributed by atoms with Crippen LogP contribution in [0.1, 0.15) is 57.4 Å². The van der Waals surface area contributed by atoms with Crippen LogP contribution in [0.4, 0.5) is 14.5 Å². The zero-order valence-corrected chi connectivity index (χ0v) is 22.1. The lowest BCUT2D eigenvalue weighted by Gasteiger charge is -2.31. The molecule has 1 saturated carbocycles. The van der Waals surface area contributed by atoms with Crippen molar-refractivity contribution in [2.45, 2.75) is 70.5 Å². The maximum atomic E-state index is 13.7. The lowest BCUT2D eigenvalue weighted by atomic mass is 9.95. The minimum atomic E-state index is -3.81. The van der Waals surface area contributed by atoms with Gasteiger partial charge in [-0.1, -0.05) is 49.6 Å². The summed E-state index contributed by atoms with van der Waals surface area (Å²) in [5, 5.41) is 3.08. The maximum Gasteiger partial charge on any atom is 0.242 e. The molecule has 0 spiro atoms. The maximum absolute atomic E-state index is 13.7. The molecule has 3 rings (SSSR count). The van der Waals surface area contributed by atoms with E-state index >= 15 is 0 Å². The van der Waals surface area contributed by atoms with Crippen LogP contribution in [0.3, 0.4) is 0 Å². The molecule has 0 heterocycles. The van der Waals surface area contributed by atoms with E-state index in [0.29, 0.717) is 0 Å². The Hall–Kier alpha value is -3.01. The summed E-state index contributed by atoms with van der Waals surface area (Å²) in [6.07, 6.45) is 6.23. The Morgan fingerprint density at radius 1 is 1.03 bits per heavy atom. The van der Waals surface area contributed by atoms with Crippen molar-refractivity contribution in [1.82, 2.24) is 10.2 Å². The van der Waals surface area contributed by atoms with E-state index < -0.39 is 27.7 Å². The number of nitrogens with zero attached hydrogens (tertiary/aromatic N) is 2. The molecule has 1 aliphatic rings. The lowest BCUT2D eigenvalue weighted by molar-refractivity contribution is -0.141. The average molecular weight is 536 g/mol. The van der Waals surface area contributed by atoms with Crippen molar-refractivity contribution in [2.24, 2.45) is 0 Å². The molecule has 7 nitrogen and oxygen atoms in total. The Labute approximate surface area is 217 Å². The minimum Gasteiger partial charge on any atom is -0.352 e. The van der Waals surface area contributed by atoms with Crippen molar-refractivity contribution in [3.8, 4) is 0 Å². The standard InChI is InChI=1S/C27H35F2N3O4S/c1-20(27(34)30-22-12-7-4-8-13-22)31(19-21-10-5-3-6-11-21)26(33)14-9-17-32(37(2,35)36)23-15-16-24(28)25(29)18-23/h3,5-6,10-11,15-16,18,20,22H,4,7-9,12-14,17,19H2,1-2H3,(H,30,34). The highest BCUT2D eigenvalue weighted by Crippen LogP contribution is 2.22. The quantitative estimate of drug-likeness (QED) is 0.463. The summed E-state index contributed by atoms with van der Waals surface area (Å²) >= 11 is 0. The summed E-state index contributed by atoms with van der Waals surface area (Å²) in [5.74, 6) is -2.75. The molecule has 0 radical (unpaired) electrons. The highest BCUT2D eigenvalue weighted by atomic mass is 32.2. The number of hydrogen-bond acceptors (Lipinski definition) is 4. The number of carbonyl (C=O) groups excluding carboxylic acids is 2. The number of hydrogen-bond donors (Lipinski definition) is 1. The Balaban J connectivity index is 1.70. The second-order valence-corrected chi connectivity index (χ2v) is 11.5. The molecule has 202 valence electrons. The molecule has 1 fully saturated rings. The van der Waals surface area contributed by atoms with Gasteiger partial charge in [-0.2, -0.15) is 0 Å². The van der Waals surface area contributed by atoms with Gasteiger partial charge in [-0.15, -0.1) is 0 Å². The van der Waals surface area contributed by atoms with E-state index in [1.807, 2.05) is 30.3 Å². The van der Waals surface area contributed by atoms with Gasteiger partial charge in [-0.25, -0.2) is 17.2 Å². The van der Waals surface area contributed by atoms with Crippen LogP contribution < -0.4 is 9.62 Å². The van der Waals surface area contributed by atoms with Crippen LogP contribution in [0.2, 0.25) is 0 Å². The van der Waals surface area contributed by atoms with Gasteiger partial charge in [0.25, 0.3) is 0 Å². The van der Waals surface area contributed by atoms with Gasteiger partial charge in [-0.3, -0.25) is 13.9 Å². The van der Waals surface area contributed by atoms with Crippen LogP contribution in [-0.4, -0.2) is 50.0 Å².